The van der Waals surface area contributed by atoms with Crippen molar-refractivity contribution >= 4 is 11.8 Å². The Morgan fingerprint density at radius 3 is 2.73 bits per heavy atom. The Balaban J connectivity index is 1.96. The quantitative estimate of drug-likeness (QED) is 0.654. The number of ether oxygens (including phenoxy) is 1. The van der Waals surface area contributed by atoms with E-state index in [2.05, 4.69) is 0 Å². The van der Waals surface area contributed by atoms with Crippen LogP contribution in [0.2, 0.25) is 0 Å². The van der Waals surface area contributed by atoms with Gasteiger partial charge < -0.3 is 9.84 Å². The smallest absolute Gasteiger partial charge is 0.0476 e. The molecule has 66 valence electrons. The molecule has 0 unspecified atom stereocenters. The standard InChI is InChI=1S/C8H16O2S/c9-4-1-7-11-8-2-5-10-6-3-8/h8-9H,1-7H2. The molecule has 0 spiro atoms. The predicted molar refractivity (Wildman–Crippen MR) is 48.0 cm³/mol. The number of hydrogen-bond acceptors (Lipinski definition) is 3. The Kier molecular flexibility index (Phi) is 4.99. The number of hydrogen-bond donors (Lipinski definition) is 1. The fourth-order valence-electron chi connectivity index (χ4n) is 1.16. The minimum atomic E-state index is 0.330. The lowest BCUT2D eigenvalue weighted by molar-refractivity contribution is 0.1000. The van der Waals surface area contributed by atoms with E-state index in [4.69, 9.17) is 9.84 Å². The molecule has 11 heavy (non-hydrogen) atoms. The van der Waals surface area contributed by atoms with E-state index in [-0.39, 0.29) is 0 Å². The molecule has 0 radical (unpaired) electrons. The van der Waals surface area contributed by atoms with Crippen molar-refractivity contribution < 1.29 is 9.84 Å². The second-order valence-corrected chi connectivity index (χ2v) is 4.17. The van der Waals surface area contributed by atoms with Crippen molar-refractivity contribution in [1.82, 2.24) is 0 Å². The van der Waals surface area contributed by atoms with E-state index < -0.39 is 0 Å². The zero-order valence-electron chi connectivity index (χ0n) is 6.79. The molecule has 1 rings (SSSR count). The molecule has 0 atom stereocenters. The molecule has 2 nitrogen and oxygen atoms in total. The summed E-state index contributed by atoms with van der Waals surface area (Å²) in [7, 11) is 0. The highest BCUT2D eigenvalue weighted by molar-refractivity contribution is 7.99. The molecule has 0 saturated carbocycles. The van der Waals surface area contributed by atoms with Crippen LogP contribution in [0, 0.1) is 0 Å². The van der Waals surface area contributed by atoms with Crippen molar-refractivity contribution in [2.75, 3.05) is 25.6 Å². The van der Waals surface area contributed by atoms with Gasteiger partial charge in [0.1, 0.15) is 0 Å². The third-order valence-corrected chi connectivity index (χ3v) is 3.29. The number of aliphatic hydroxyl groups excluding tert-OH is 1. The van der Waals surface area contributed by atoms with E-state index in [1.165, 1.54) is 12.8 Å². The summed E-state index contributed by atoms with van der Waals surface area (Å²) in [6.45, 7) is 2.18. The van der Waals surface area contributed by atoms with Crippen LogP contribution in [-0.4, -0.2) is 35.9 Å². The van der Waals surface area contributed by atoms with Crippen LogP contribution in [0.15, 0.2) is 0 Å². The van der Waals surface area contributed by atoms with E-state index in [0.717, 1.165) is 30.6 Å². The van der Waals surface area contributed by atoms with Gasteiger partial charge in [0.25, 0.3) is 0 Å². The van der Waals surface area contributed by atoms with E-state index in [9.17, 15) is 0 Å². The first kappa shape index (κ1) is 9.36. The van der Waals surface area contributed by atoms with Crippen molar-refractivity contribution in [1.29, 1.82) is 0 Å². The number of thioether (sulfide) groups is 1. The monoisotopic (exact) mass is 176 g/mol. The average molecular weight is 176 g/mol. The summed E-state index contributed by atoms with van der Waals surface area (Å²) in [4.78, 5) is 0. The summed E-state index contributed by atoms with van der Waals surface area (Å²) < 4.78 is 5.24. The first-order valence-corrected chi connectivity index (χ1v) is 5.28. The molecule has 1 aliphatic rings. The lowest BCUT2D eigenvalue weighted by Crippen LogP contribution is -2.17. The fraction of sp³-hybridized carbons (Fsp3) is 1.00. The van der Waals surface area contributed by atoms with E-state index in [0.29, 0.717) is 6.61 Å². The summed E-state index contributed by atoms with van der Waals surface area (Å²) in [6.07, 6.45) is 3.31. The normalized spacial score (nSPS) is 20.5. The van der Waals surface area contributed by atoms with Gasteiger partial charge in [0, 0.05) is 25.1 Å². The minimum Gasteiger partial charge on any atom is -0.396 e. The highest BCUT2D eigenvalue weighted by atomic mass is 32.2. The van der Waals surface area contributed by atoms with Crippen molar-refractivity contribution in [3.63, 3.8) is 0 Å². The topological polar surface area (TPSA) is 29.5 Å². The van der Waals surface area contributed by atoms with Gasteiger partial charge in [-0.15, -0.1) is 0 Å². The Morgan fingerprint density at radius 1 is 1.36 bits per heavy atom. The maximum absolute atomic E-state index is 8.56. The van der Waals surface area contributed by atoms with E-state index >= 15 is 0 Å². The van der Waals surface area contributed by atoms with Crippen molar-refractivity contribution in [2.24, 2.45) is 0 Å². The SMILES string of the molecule is OCCCSC1CCOCC1. The third kappa shape index (κ3) is 3.99. The Morgan fingerprint density at radius 2 is 2.09 bits per heavy atom. The van der Waals surface area contributed by atoms with Gasteiger partial charge in [-0.2, -0.15) is 11.8 Å². The first-order valence-electron chi connectivity index (χ1n) is 4.23. The van der Waals surface area contributed by atoms with Crippen LogP contribution in [0.25, 0.3) is 0 Å². The predicted octanol–water partition coefficient (Wildman–Crippen LogP) is 1.28. The summed E-state index contributed by atoms with van der Waals surface area (Å²) in [5, 5.41) is 9.35. The van der Waals surface area contributed by atoms with Gasteiger partial charge in [-0.05, 0) is 25.0 Å². The third-order valence-electron chi connectivity index (χ3n) is 1.82. The molecule has 1 N–H and O–H groups in total. The van der Waals surface area contributed by atoms with Crippen LogP contribution in [0.1, 0.15) is 19.3 Å². The molecule has 0 aromatic carbocycles. The number of aliphatic hydroxyl groups is 1. The van der Waals surface area contributed by atoms with Crippen molar-refractivity contribution in [3.05, 3.63) is 0 Å². The summed E-state index contributed by atoms with van der Waals surface area (Å²) in [5.41, 5.74) is 0. The van der Waals surface area contributed by atoms with Gasteiger partial charge in [0.2, 0.25) is 0 Å². The van der Waals surface area contributed by atoms with Crippen LogP contribution < -0.4 is 0 Å². The van der Waals surface area contributed by atoms with Crippen LogP contribution in [0.4, 0.5) is 0 Å². The molecule has 1 heterocycles. The molecule has 0 aromatic heterocycles. The molecule has 0 aromatic rings. The van der Waals surface area contributed by atoms with Gasteiger partial charge in [0.15, 0.2) is 0 Å². The van der Waals surface area contributed by atoms with Gasteiger partial charge in [0.05, 0.1) is 0 Å². The number of rotatable bonds is 4. The molecule has 3 heteroatoms. The van der Waals surface area contributed by atoms with E-state index in [1.54, 1.807) is 0 Å². The van der Waals surface area contributed by atoms with Crippen LogP contribution >= 0.6 is 11.8 Å². The molecule has 1 saturated heterocycles. The second kappa shape index (κ2) is 5.86. The summed E-state index contributed by atoms with van der Waals surface area (Å²) in [5.74, 6) is 1.10. The molecule has 1 fully saturated rings. The van der Waals surface area contributed by atoms with Gasteiger partial charge >= 0.3 is 0 Å². The molecular weight excluding hydrogens is 160 g/mol. The average Bonchev–Trinajstić information content (AvgIpc) is 2.07. The van der Waals surface area contributed by atoms with Crippen molar-refractivity contribution in [3.8, 4) is 0 Å². The Bertz CT molecular complexity index is 92.1. The Labute approximate surface area is 72.3 Å². The zero-order valence-corrected chi connectivity index (χ0v) is 7.61. The highest BCUT2D eigenvalue weighted by Crippen LogP contribution is 2.22. The minimum absolute atomic E-state index is 0.330. The maximum Gasteiger partial charge on any atom is 0.0476 e. The molecule has 1 aliphatic heterocycles. The Hall–Kier alpha value is 0.270. The van der Waals surface area contributed by atoms with Crippen LogP contribution in [0.3, 0.4) is 0 Å². The second-order valence-electron chi connectivity index (χ2n) is 2.76. The lowest BCUT2D eigenvalue weighted by Gasteiger charge is -2.21. The molecule has 0 amide bonds. The highest BCUT2D eigenvalue weighted by Gasteiger charge is 2.12. The van der Waals surface area contributed by atoms with Crippen molar-refractivity contribution in [2.45, 2.75) is 24.5 Å². The maximum atomic E-state index is 8.56. The van der Waals surface area contributed by atoms with Gasteiger partial charge in [-0.3, -0.25) is 0 Å². The zero-order chi connectivity index (χ0) is 7.94. The first-order chi connectivity index (χ1) is 5.43. The van der Waals surface area contributed by atoms with E-state index in [1.807, 2.05) is 11.8 Å². The largest absolute Gasteiger partial charge is 0.396 e. The van der Waals surface area contributed by atoms with Crippen LogP contribution in [0.5, 0.6) is 0 Å². The molecule has 0 aliphatic carbocycles. The molecular formula is C8H16O2S. The van der Waals surface area contributed by atoms with Crippen LogP contribution in [-0.2, 0) is 4.74 Å². The summed E-state index contributed by atoms with van der Waals surface area (Å²) in [6, 6.07) is 0. The van der Waals surface area contributed by atoms with Gasteiger partial charge in [-0.1, -0.05) is 0 Å². The van der Waals surface area contributed by atoms with Gasteiger partial charge in [-0.25, -0.2) is 0 Å². The summed E-state index contributed by atoms with van der Waals surface area (Å²) >= 11 is 1.98. The fourth-order valence-corrected chi connectivity index (χ4v) is 2.31. The lowest BCUT2D eigenvalue weighted by atomic mass is 10.2. The molecule has 0 bridgehead atoms.